The van der Waals surface area contributed by atoms with Crippen molar-refractivity contribution in [3.8, 4) is 0 Å². The number of rotatable bonds is 3. The van der Waals surface area contributed by atoms with Crippen LogP contribution in [0.15, 0.2) is 48.5 Å². The van der Waals surface area contributed by atoms with Crippen LogP contribution in [0, 0.1) is 0 Å². The molecule has 0 aliphatic carbocycles. The van der Waals surface area contributed by atoms with E-state index in [2.05, 4.69) is 46.6 Å². The molecule has 0 saturated heterocycles. The second kappa shape index (κ2) is 6.58. The third-order valence-corrected chi connectivity index (χ3v) is 3.90. The van der Waals surface area contributed by atoms with E-state index >= 15 is 0 Å². The monoisotopic (exact) mass is 321 g/mol. The molecule has 0 aliphatic heterocycles. The molecule has 0 fully saturated rings. The first-order chi connectivity index (χ1) is 11.6. The summed E-state index contributed by atoms with van der Waals surface area (Å²) < 4.78 is 2.28. The van der Waals surface area contributed by atoms with E-state index in [0.29, 0.717) is 0 Å². The SMILES string of the molecule is CCn1c2ccccc2c2cc(C=CC(=O)NNC(C)=O)ccc21. The minimum atomic E-state index is -0.374. The predicted octanol–water partition coefficient (Wildman–Crippen LogP) is 2.99. The van der Waals surface area contributed by atoms with Gasteiger partial charge in [-0.1, -0.05) is 24.3 Å². The smallest absolute Gasteiger partial charge is 0.262 e. The van der Waals surface area contributed by atoms with Crippen LogP contribution in [0.25, 0.3) is 27.9 Å². The van der Waals surface area contributed by atoms with Crippen LogP contribution in [0.1, 0.15) is 19.4 Å². The van der Waals surface area contributed by atoms with Crippen LogP contribution in [0.5, 0.6) is 0 Å². The number of hydrogen-bond donors (Lipinski definition) is 2. The highest BCUT2D eigenvalue weighted by Crippen LogP contribution is 2.29. The Morgan fingerprint density at radius 1 is 1.04 bits per heavy atom. The minimum absolute atomic E-state index is 0.314. The number of carbonyl (C=O) groups is 2. The van der Waals surface area contributed by atoms with Crippen LogP contribution in [0.4, 0.5) is 0 Å². The van der Waals surface area contributed by atoms with E-state index < -0.39 is 0 Å². The summed E-state index contributed by atoms with van der Waals surface area (Å²) in [5.41, 5.74) is 7.87. The summed E-state index contributed by atoms with van der Waals surface area (Å²) in [5.74, 6) is -0.688. The number of aryl methyl sites for hydroxylation is 1. The van der Waals surface area contributed by atoms with Crippen LogP contribution in [0.3, 0.4) is 0 Å². The number of hydrogen-bond acceptors (Lipinski definition) is 2. The third kappa shape index (κ3) is 3.01. The number of para-hydroxylation sites is 1. The second-order valence-electron chi connectivity index (χ2n) is 5.54. The molecule has 0 aliphatic rings. The molecular formula is C19H19N3O2. The van der Waals surface area contributed by atoms with Gasteiger partial charge in [-0.3, -0.25) is 20.4 Å². The van der Waals surface area contributed by atoms with Gasteiger partial charge in [0.1, 0.15) is 0 Å². The molecule has 122 valence electrons. The van der Waals surface area contributed by atoms with Gasteiger partial charge in [0.2, 0.25) is 5.91 Å². The van der Waals surface area contributed by atoms with E-state index in [1.807, 2.05) is 18.2 Å². The van der Waals surface area contributed by atoms with Crippen molar-refractivity contribution >= 4 is 39.7 Å². The zero-order valence-electron chi connectivity index (χ0n) is 13.7. The van der Waals surface area contributed by atoms with Crippen LogP contribution in [0.2, 0.25) is 0 Å². The second-order valence-corrected chi connectivity index (χ2v) is 5.54. The summed E-state index contributed by atoms with van der Waals surface area (Å²) in [7, 11) is 0. The summed E-state index contributed by atoms with van der Waals surface area (Å²) in [6.45, 7) is 4.37. The molecule has 24 heavy (non-hydrogen) atoms. The maximum Gasteiger partial charge on any atom is 0.262 e. The van der Waals surface area contributed by atoms with Crippen molar-refractivity contribution < 1.29 is 9.59 Å². The highest BCUT2D eigenvalue weighted by molar-refractivity contribution is 6.08. The van der Waals surface area contributed by atoms with Crippen molar-refractivity contribution in [2.24, 2.45) is 0 Å². The summed E-state index contributed by atoms with van der Waals surface area (Å²) >= 11 is 0. The highest BCUT2D eigenvalue weighted by Gasteiger charge is 2.09. The number of carbonyl (C=O) groups excluding carboxylic acids is 2. The van der Waals surface area contributed by atoms with Crippen LogP contribution < -0.4 is 10.9 Å². The molecule has 1 heterocycles. The van der Waals surface area contributed by atoms with Crippen molar-refractivity contribution in [3.05, 3.63) is 54.1 Å². The first kappa shape index (κ1) is 15.8. The molecule has 2 aromatic carbocycles. The first-order valence-electron chi connectivity index (χ1n) is 7.85. The standard InChI is InChI=1S/C19H19N3O2/c1-3-22-17-7-5-4-6-15(17)16-12-14(8-10-18(16)22)9-11-19(24)21-20-13(2)23/h4-12H,3H2,1-2H3,(H,20,23)(H,21,24). The zero-order valence-corrected chi connectivity index (χ0v) is 13.7. The van der Waals surface area contributed by atoms with Gasteiger partial charge in [-0.2, -0.15) is 0 Å². The van der Waals surface area contributed by atoms with Crippen molar-refractivity contribution in [3.63, 3.8) is 0 Å². The quantitative estimate of drug-likeness (QED) is 0.575. The van der Waals surface area contributed by atoms with Crippen LogP contribution in [-0.2, 0) is 16.1 Å². The lowest BCUT2D eigenvalue weighted by molar-refractivity contribution is -0.125. The highest BCUT2D eigenvalue weighted by atomic mass is 16.2. The summed E-state index contributed by atoms with van der Waals surface area (Å²) in [6.07, 6.45) is 3.13. The number of nitrogens with zero attached hydrogens (tertiary/aromatic N) is 1. The number of fused-ring (bicyclic) bond motifs is 3. The van der Waals surface area contributed by atoms with Gasteiger partial charge < -0.3 is 4.57 Å². The van der Waals surface area contributed by atoms with Crippen molar-refractivity contribution in [2.75, 3.05) is 0 Å². The van der Waals surface area contributed by atoms with Gasteiger partial charge in [0, 0.05) is 41.4 Å². The van der Waals surface area contributed by atoms with Crippen molar-refractivity contribution in [1.82, 2.24) is 15.4 Å². The molecule has 2 amide bonds. The minimum Gasteiger partial charge on any atom is -0.341 e. The van der Waals surface area contributed by atoms with E-state index in [-0.39, 0.29) is 11.8 Å². The van der Waals surface area contributed by atoms with Gasteiger partial charge in [-0.25, -0.2) is 0 Å². The molecule has 3 aromatic rings. The molecular weight excluding hydrogens is 302 g/mol. The van der Waals surface area contributed by atoms with Crippen molar-refractivity contribution in [2.45, 2.75) is 20.4 Å². The van der Waals surface area contributed by atoms with Gasteiger partial charge in [0.05, 0.1) is 0 Å². The molecule has 0 unspecified atom stereocenters. The maximum atomic E-state index is 11.6. The number of amides is 2. The molecule has 5 heteroatoms. The number of hydrazine groups is 1. The van der Waals surface area contributed by atoms with Gasteiger partial charge in [-0.15, -0.1) is 0 Å². The molecule has 3 rings (SSSR count). The molecule has 0 atom stereocenters. The predicted molar refractivity (Wildman–Crippen MR) is 96.1 cm³/mol. The number of nitrogens with one attached hydrogen (secondary N) is 2. The zero-order chi connectivity index (χ0) is 17.1. The van der Waals surface area contributed by atoms with Gasteiger partial charge in [0.25, 0.3) is 5.91 Å². The lowest BCUT2D eigenvalue weighted by Crippen LogP contribution is -2.39. The van der Waals surface area contributed by atoms with E-state index in [1.54, 1.807) is 6.08 Å². The Morgan fingerprint density at radius 2 is 1.79 bits per heavy atom. The fraction of sp³-hybridized carbons (Fsp3) is 0.158. The topological polar surface area (TPSA) is 63.1 Å². The molecule has 1 aromatic heterocycles. The largest absolute Gasteiger partial charge is 0.341 e. The van der Waals surface area contributed by atoms with Crippen molar-refractivity contribution in [1.29, 1.82) is 0 Å². The van der Waals surface area contributed by atoms with E-state index in [1.165, 1.54) is 29.4 Å². The number of benzene rings is 2. The van der Waals surface area contributed by atoms with Crippen LogP contribution >= 0.6 is 0 Å². The Kier molecular flexibility index (Phi) is 4.33. The normalized spacial score (nSPS) is 11.2. The van der Waals surface area contributed by atoms with E-state index in [4.69, 9.17) is 0 Å². The fourth-order valence-electron chi connectivity index (χ4n) is 2.88. The maximum absolute atomic E-state index is 11.6. The molecule has 2 N–H and O–H groups in total. The van der Waals surface area contributed by atoms with Crippen LogP contribution in [-0.4, -0.2) is 16.4 Å². The van der Waals surface area contributed by atoms with E-state index in [0.717, 1.165) is 17.5 Å². The Bertz CT molecular complexity index is 954. The Morgan fingerprint density at radius 3 is 2.54 bits per heavy atom. The summed E-state index contributed by atoms with van der Waals surface area (Å²) in [4.78, 5) is 22.4. The Hall–Kier alpha value is -3.08. The Balaban J connectivity index is 1.95. The lowest BCUT2D eigenvalue weighted by atomic mass is 10.1. The van der Waals surface area contributed by atoms with Gasteiger partial charge in [-0.05, 0) is 36.8 Å². The molecule has 0 spiro atoms. The average Bonchev–Trinajstić information content (AvgIpc) is 2.91. The molecule has 0 radical (unpaired) electrons. The average molecular weight is 321 g/mol. The van der Waals surface area contributed by atoms with Gasteiger partial charge in [0.15, 0.2) is 0 Å². The fourth-order valence-corrected chi connectivity index (χ4v) is 2.88. The molecule has 5 nitrogen and oxygen atoms in total. The van der Waals surface area contributed by atoms with E-state index in [9.17, 15) is 9.59 Å². The summed E-state index contributed by atoms with van der Waals surface area (Å²) in [6, 6.07) is 14.4. The Labute approximate surface area is 139 Å². The first-order valence-corrected chi connectivity index (χ1v) is 7.85. The summed E-state index contributed by atoms with van der Waals surface area (Å²) in [5, 5.41) is 2.36. The lowest BCUT2D eigenvalue weighted by Gasteiger charge is -2.03. The molecule has 0 saturated carbocycles. The van der Waals surface area contributed by atoms with Gasteiger partial charge >= 0.3 is 0 Å². The number of aromatic nitrogens is 1. The third-order valence-electron chi connectivity index (χ3n) is 3.90. The molecule has 0 bridgehead atoms.